The van der Waals surface area contributed by atoms with Crippen molar-refractivity contribution in [3.05, 3.63) is 218 Å². The van der Waals surface area contributed by atoms with E-state index in [0.29, 0.717) is 23.0 Å². The Balaban J connectivity index is 1.18. The first-order valence-corrected chi connectivity index (χ1v) is 19.0. The van der Waals surface area contributed by atoms with Crippen molar-refractivity contribution < 1.29 is 18.3 Å². The van der Waals surface area contributed by atoms with Gasteiger partial charge in [0.15, 0.2) is 11.5 Å². The van der Waals surface area contributed by atoms with E-state index in [1.165, 1.54) is 24.3 Å². The zero-order valence-electron chi connectivity index (χ0n) is 31.1. The number of anilines is 6. The van der Waals surface area contributed by atoms with Crippen LogP contribution in [0.15, 0.2) is 206 Å². The summed E-state index contributed by atoms with van der Waals surface area (Å²) in [7, 11) is 0. The van der Waals surface area contributed by atoms with Gasteiger partial charge < -0.3 is 19.3 Å². The lowest BCUT2D eigenvalue weighted by atomic mass is 9.91. The first-order chi connectivity index (χ1) is 28.6. The van der Waals surface area contributed by atoms with E-state index in [2.05, 4.69) is 82.6 Å². The normalized spacial score (nSPS) is 11.3. The largest absolute Gasteiger partial charge is 0.455 e. The fraction of sp³-hybridized carbons (Fsp3) is 0. The lowest BCUT2D eigenvalue weighted by Gasteiger charge is -2.30. The maximum atomic E-state index is 14.3. The third kappa shape index (κ3) is 6.36. The second kappa shape index (κ2) is 14.8. The summed E-state index contributed by atoms with van der Waals surface area (Å²) in [6.45, 7) is 0. The highest BCUT2D eigenvalue weighted by atomic mass is 19.1. The molecule has 10 aromatic rings. The van der Waals surface area contributed by atoms with Crippen LogP contribution < -0.4 is 19.3 Å². The molecular weight excluding hydrogens is 723 g/mol. The van der Waals surface area contributed by atoms with E-state index in [1.807, 2.05) is 84.9 Å². The number of halogens is 2. The van der Waals surface area contributed by atoms with Gasteiger partial charge in [0.2, 0.25) is 0 Å². The van der Waals surface area contributed by atoms with E-state index in [1.54, 1.807) is 24.3 Å². The Labute approximate surface area is 334 Å². The third-order valence-corrected chi connectivity index (χ3v) is 10.4. The van der Waals surface area contributed by atoms with Gasteiger partial charge in [0, 0.05) is 34.3 Å². The molecule has 4 nitrogen and oxygen atoms in total. The Morgan fingerprint density at radius 2 is 0.724 bits per heavy atom. The van der Waals surface area contributed by atoms with Crippen LogP contribution in [0.1, 0.15) is 0 Å². The maximum Gasteiger partial charge on any atom is 0.151 e. The molecule has 10 rings (SSSR count). The van der Waals surface area contributed by atoms with E-state index in [-0.39, 0.29) is 11.6 Å². The molecule has 0 fully saturated rings. The monoisotopic (exact) mass is 756 g/mol. The van der Waals surface area contributed by atoms with Gasteiger partial charge in [-0.15, -0.1) is 0 Å². The molecule has 278 valence electrons. The minimum atomic E-state index is -0.366. The summed E-state index contributed by atoms with van der Waals surface area (Å²) in [5, 5.41) is 6.56. The van der Waals surface area contributed by atoms with Crippen LogP contribution in [0.5, 0.6) is 23.0 Å². The Hall–Kier alpha value is -7.70. The van der Waals surface area contributed by atoms with Crippen LogP contribution >= 0.6 is 0 Å². The van der Waals surface area contributed by atoms with Crippen molar-refractivity contribution in [2.45, 2.75) is 0 Å². The summed E-state index contributed by atoms with van der Waals surface area (Å²) < 4.78 is 41.4. The highest BCUT2D eigenvalue weighted by Gasteiger charge is 2.24. The molecule has 6 heteroatoms. The van der Waals surface area contributed by atoms with Crippen molar-refractivity contribution in [1.82, 2.24) is 0 Å². The highest BCUT2D eigenvalue weighted by molar-refractivity contribution is 6.28. The molecule has 0 aliphatic rings. The summed E-state index contributed by atoms with van der Waals surface area (Å²) in [5.41, 5.74) is 5.42. The van der Waals surface area contributed by atoms with Gasteiger partial charge in [-0.3, -0.25) is 0 Å². The van der Waals surface area contributed by atoms with Crippen LogP contribution in [-0.4, -0.2) is 0 Å². The number of rotatable bonds is 10. The molecule has 0 unspecified atom stereocenters. The molecule has 0 saturated heterocycles. The Morgan fingerprint density at radius 1 is 0.328 bits per heavy atom. The Kier molecular flexibility index (Phi) is 8.84. The number of ether oxygens (including phenoxy) is 2. The molecule has 10 aromatic carbocycles. The number of hydrogen-bond donors (Lipinski definition) is 0. The van der Waals surface area contributed by atoms with Crippen molar-refractivity contribution >= 4 is 66.4 Å². The van der Waals surface area contributed by atoms with Crippen molar-refractivity contribution in [3.63, 3.8) is 0 Å². The van der Waals surface area contributed by atoms with E-state index in [0.717, 1.165) is 66.4 Å². The molecule has 0 amide bonds. The molecule has 0 heterocycles. The number of benzene rings is 10. The third-order valence-electron chi connectivity index (χ3n) is 10.4. The van der Waals surface area contributed by atoms with Gasteiger partial charge in [-0.05, 0) is 106 Å². The number of nitrogens with zero attached hydrogens (tertiary/aromatic N) is 2. The summed E-state index contributed by atoms with van der Waals surface area (Å²) in [6, 6.07) is 65.9. The minimum absolute atomic E-state index is 0.366. The number of para-hydroxylation sites is 6. The second-order valence-corrected chi connectivity index (χ2v) is 14.0. The van der Waals surface area contributed by atoms with Crippen molar-refractivity contribution in [1.29, 1.82) is 0 Å². The van der Waals surface area contributed by atoms with Gasteiger partial charge in [-0.25, -0.2) is 8.78 Å². The lowest BCUT2D eigenvalue weighted by Crippen LogP contribution is -2.12. The lowest BCUT2D eigenvalue weighted by molar-refractivity contribution is 0.477. The van der Waals surface area contributed by atoms with Crippen LogP contribution in [0.2, 0.25) is 0 Å². The Morgan fingerprint density at radius 3 is 1.16 bits per heavy atom. The van der Waals surface area contributed by atoms with Crippen LogP contribution in [0.4, 0.5) is 42.9 Å². The molecule has 0 spiro atoms. The van der Waals surface area contributed by atoms with E-state index in [9.17, 15) is 8.78 Å². The smallest absolute Gasteiger partial charge is 0.151 e. The first-order valence-electron chi connectivity index (χ1n) is 19.0. The minimum Gasteiger partial charge on any atom is -0.455 e. The summed E-state index contributed by atoms with van der Waals surface area (Å²) in [4.78, 5) is 4.41. The SMILES string of the molecule is Fc1cccc(Oc2ccccc2N(c2ccccc2)c2ccc3ccc4c(N(c5ccccc5)c5ccccc5Oc5cccc(F)c5)ccc5ccc2c3c54)c1. The van der Waals surface area contributed by atoms with Crippen LogP contribution in [-0.2, 0) is 0 Å². The summed E-state index contributed by atoms with van der Waals surface area (Å²) >= 11 is 0. The maximum absolute atomic E-state index is 14.3. The zero-order chi connectivity index (χ0) is 39.0. The molecule has 0 aliphatic carbocycles. The standard InChI is InChI=1S/C52H34F2N2O2/c53-37-13-11-19-41(33-37)57-49-23-9-7-21-47(49)55(39-15-3-1-4-16-39)45-31-27-35-26-30-44-46(32-28-36-25-29-43(45)51(35)52(36)44)56(40-17-5-2-6-18-40)48-22-8-10-24-50(48)58-42-20-12-14-38(54)34-42/h1-34H. The average Bonchev–Trinajstić information content (AvgIpc) is 3.26. The van der Waals surface area contributed by atoms with Crippen LogP contribution in [0.3, 0.4) is 0 Å². The van der Waals surface area contributed by atoms with E-state index in [4.69, 9.17) is 9.47 Å². The predicted octanol–water partition coefficient (Wildman–Crippen LogP) is 15.4. The molecule has 0 saturated carbocycles. The molecule has 0 aromatic heterocycles. The molecule has 0 radical (unpaired) electrons. The van der Waals surface area contributed by atoms with Gasteiger partial charge in [-0.2, -0.15) is 0 Å². The molecule has 58 heavy (non-hydrogen) atoms. The van der Waals surface area contributed by atoms with Crippen LogP contribution in [0.25, 0.3) is 32.3 Å². The van der Waals surface area contributed by atoms with Gasteiger partial charge in [-0.1, -0.05) is 109 Å². The molecular formula is C52H34F2N2O2. The fourth-order valence-electron chi connectivity index (χ4n) is 7.90. The zero-order valence-corrected chi connectivity index (χ0v) is 31.1. The molecule has 0 N–H and O–H groups in total. The summed E-state index contributed by atoms with van der Waals surface area (Å²) in [5.74, 6) is 1.26. The predicted molar refractivity (Wildman–Crippen MR) is 232 cm³/mol. The highest BCUT2D eigenvalue weighted by Crippen LogP contribution is 2.50. The van der Waals surface area contributed by atoms with Gasteiger partial charge in [0.1, 0.15) is 23.1 Å². The molecule has 0 atom stereocenters. The van der Waals surface area contributed by atoms with Gasteiger partial charge in [0.25, 0.3) is 0 Å². The Bertz CT molecular complexity index is 2860. The first kappa shape index (κ1) is 34.8. The van der Waals surface area contributed by atoms with Gasteiger partial charge in [0.05, 0.1) is 22.7 Å². The fourth-order valence-corrected chi connectivity index (χ4v) is 7.90. The number of hydrogen-bond acceptors (Lipinski definition) is 4. The average molecular weight is 757 g/mol. The second-order valence-electron chi connectivity index (χ2n) is 14.0. The van der Waals surface area contributed by atoms with E-state index < -0.39 is 0 Å². The van der Waals surface area contributed by atoms with Crippen molar-refractivity contribution in [3.8, 4) is 23.0 Å². The van der Waals surface area contributed by atoms with Crippen molar-refractivity contribution in [2.75, 3.05) is 9.80 Å². The van der Waals surface area contributed by atoms with Gasteiger partial charge >= 0.3 is 0 Å². The topological polar surface area (TPSA) is 24.9 Å². The quantitative estimate of drug-likeness (QED) is 0.130. The molecule has 0 aliphatic heterocycles. The van der Waals surface area contributed by atoms with Crippen LogP contribution in [0, 0.1) is 11.6 Å². The van der Waals surface area contributed by atoms with E-state index >= 15 is 0 Å². The summed E-state index contributed by atoms with van der Waals surface area (Å²) in [6.07, 6.45) is 0. The molecule has 0 bridgehead atoms. The van der Waals surface area contributed by atoms with Crippen molar-refractivity contribution in [2.24, 2.45) is 0 Å².